The molecule has 0 radical (unpaired) electrons. The summed E-state index contributed by atoms with van der Waals surface area (Å²) in [6, 6.07) is 10.8. The van der Waals surface area contributed by atoms with Crippen LogP contribution in [0.25, 0.3) is 0 Å². The zero-order chi connectivity index (χ0) is 31.5. The molecule has 236 valence electrons. The summed E-state index contributed by atoms with van der Waals surface area (Å²) in [5.41, 5.74) is -2.11. The first-order valence-corrected chi connectivity index (χ1v) is 14.7. The van der Waals surface area contributed by atoms with Gasteiger partial charge in [0.2, 0.25) is 11.8 Å². The first kappa shape index (κ1) is 32.8. The number of rotatable bonds is 7. The second-order valence-corrected chi connectivity index (χ2v) is 12.0. The predicted octanol–water partition coefficient (Wildman–Crippen LogP) is 7.52. The van der Waals surface area contributed by atoms with E-state index >= 15 is 0 Å². The molecule has 0 aromatic heterocycles. The number of halogens is 6. The van der Waals surface area contributed by atoms with Crippen LogP contribution in [0.3, 0.4) is 0 Å². The van der Waals surface area contributed by atoms with Crippen LogP contribution in [0.2, 0.25) is 0 Å². The van der Waals surface area contributed by atoms with Crippen LogP contribution in [0.5, 0.6) is 0 Å². The van der Waals surface area contributed by atoms with Crippen molar-refractivity contribution in [3.8, 4) is 0 Å². The molecule has 2 aliphatic rings. The molecule has 11 heteroatoms. The van der Waals surface area contributed by atoms with Crippen molar-refractivity contribution in [2.75, 3.05) is 13.1 Å². The van der Waals surface area contributed by atoms with Crippen molar-refractivity contribution in [1.29, 1.82) is 0 Å². The number of alkyl halides is 6. The van der Waals surface area contributed by atoms with Gasteiger partial charge >= 0.3 is 12.4 Å². The molecule has 5 nitrogen and oxygen atoms in total. The Hall–Kier alpha value is -3.08. The Bertz CT molecular complexity index is 1220. The summed E-state index contributed by atoms with van der Waals surface area (Å²) in [6.07, 6.45) is -8.38. The standard InChI is InChI=1S/C32H38F6N2O3/c1-19(2)29(41)39-26-11-9-22(10-12-26)30(42)40-14-13-28(27(18-40)21-7-5-4-6-8-21)43-20(3)23-15-24(31(33,34)35)17-25(16-23)32(36,37)38/h4-8,15-17,19-20,22,26-28H,9-14,18H2,1-3H3,(H,39,41)/t20?,22-,26-,27?,28?. The van der Waals surface area contributed by atoms with E-state index in [1.54, 1.807) is 4.90 Å². The highest BCUT2D eigenvalue weighted by molar-refractivity contribution is 5.80. The quantitative estimate of drug-likeness (QED) is 0.329. The topological polar surface area (TPSA) is 58.6 Å². The Morgan fingerprint density at radius 2 is 1.44 bits per heavy atom. The van der Waals surface area contributed by atoms with Gasteiger partial charge < -0.3 is 15.0 Å². The molecule has 2 aromatic carbocycles. The number of piperidine rings is 1. The average Bonchev–Trinajstić information content (AvgIpc) is 2.96. The zero-order valence-electron chi connectivity index (χ0n) is 24.5. The molecule has 1 saturated carbocycles. The second-order valence-electron chi connectivity index (χ2n) is 12.0. The second kappa shape index (κ2) is 13.3. The van der Waals surface area contributed by atoms with Crippen LogP contribution in [-0.2, 0) is 26.7 Å². The highest BCUT2D eigenvalue weighted by Gasteiger charge is 2.40. The number of hydrogen-bond donors (Lipinski definition) is 1. The lowest BCUT2D eigenvalue weighted by molar-refractivity contribution is -0.143. The van der Waals surface area contributed by atoms with Crippen LogP contribution in [0.4, 0.5) is 26.3 Å². The summed E-state index contributed by atoms with van der Waals surface area (Å²) in [4.78, 5) is 27.4. The van der Waals surface area contributed by atoms with Gasteiger partial charge in [0.1, 0.15) is 0 Å². The number of ether oxygens (including phenoxy) is 1. The normalized spacial score (nSPS) is 24.1. The number of benzene rings is 2. The molecule has 0 bridgehead atoms. The highest BCUT2D eigenvalue weighted by atomic mass is 19.4. The Labute approximate surface area is 248 Å². The van der Waals surface area contributed by atoms with Gasteiger partial charge in [-0.15, -0.1) is 0 Å². The number of likely N-dealkylation sites (tertiary alicyclic amines) is 1. The lowest BCUT2D eigenvalue weighted by atomic mass is 9.83. The Kier molecular flexibility index (Phi) is 10.1. The average molecular weight is 613 g/mol. The van der Waals surface area contributed by atoms with Crippen LogP contribution in [0.1, 0.15) is 87.2 Å². The summed E-state index contributed by atoms with van der Waals surface area (Å²) in [6.45, 7) is 5.80. The molecule has 1 heterocycles. The lowest BCUT2D eigenvalue weighted by Crippen LogP contribution is -2.49. The Morgan fingerprint density at radius 3 is 1.98 bits per heavy atom. The number of carbonyl (C=O) groups is 2. The van der Waals surface area contributed by atoms with Gasteiger partial charge in [0.25, 0.3) is 0 Å². The minimum atomic E-state index is -4.95. The van der Waals surface area contributed by atoms with Crippen molar-refractivity contribution >= 4 is 11.8 Å². The van der Waals surface area contributed by atoms with E-state index in [4.69, 9.17) is 4.74 Å². The fourth-order valence-corrected chi connectivity index (χ4v) is 5.98. The molecular weight excluding hydrogens is 574 g/mol. The van der Waals surface area contributed by atoms with E-state index in [9.17, 15) is 35.9 Å². The maximum atomic E-state index is 13.6. The van der Waals surface area contributed by atoms with E-state index in [1.807, 2.05) is 44.2 Å². The van der Waals surface area contributed by atoms with E-state index in [-0.39, 0.29) is 47.2 Å². The van der Waals surface area contributed by atoms with Crippen molar-refractivity contribution in [3.63, 3.8) is 0 Å². The molecule has 1 N–H and O–H groups in total. The number of carbonyl (C=O) groups excluding carboxylic acids is 2. The van der Waals surface area contributed by atoms with E-state index in [2.05, 4.69) is 5.32 Å². The number of nitrogens with one attached hydrogen (secondary N) is 1. The van der Waals surface area contributed by atoms with Crippen LogP contribution in [-0.4, -0.2) is 41.9 Å². The van der Waals surface area contributed by atoms with Crippen LogP contribution in [0.15, 0.2) is 48.5 Å². The summed E-state index contributed by atoms with van der Waals surface area (Å²) in [7, 11) is 0. The maximum Gasteiger partial charge on any atom is 0.416 e. The molecule has 2 aromatic rings. The van der Waals surface area contributed by atoms with Gasteiger partial charge in [-0.25, -0.2) is 0 Å². The minimum absolute atomic E-state index is 0.00320. The van der Waals surface area contributed by atoms with Gasteiger partial charge in [0.05, 0.1) is 23.3 Å². The molecule has 4 rings (SSSR count). The van der Waals surface area contributed by atoms with E-state index < -0.39 is 35.7 Å². The molecule has 43 heavy (non-hydrogen) atoms. The fourth-order valence-electron chi connectivity index (χ4n) is 5.98. The van der Waals surface area contributed by atoms with Crippen molar-refractivity contribution in [2.24, 2.45) is 11.8 Å². The lowest BCUT2D eigenvalue weighted by Gasteiger charge is -2.42. The molecule has 3 unspecified atom stereocenters. The van der Waals surface area contributed by atoms with Gasteiger partial charge in [-0.2, -0.15) is 26.3 Å². The van der Waals surface area contributed by atoms with E-state index in [0.29, 0.717) is 57.3 Å². The molecular formula is C32H38F6N2O3. The van der Waals surface area contributed by atoms with Crippen molar-refractivity contribution < 1.29 is 40.7 Å². The molecule has 3 atom stereocenters. The summed E-state index contributed by atoms with van der Waals surface area (Å²) in [5, 5.41) is 3.04. The van der Waals surface area contributed by atoms with Gasteiger partial charge in [-0.3, -0.25) is 9.59 Å². The van der Waals surface area contributed by atoms with Crippen LogP contribution < -0.4 is 5.32 Å². The first-order valence-electron chi connectivity index (χ1n) is 14.7. The predicted molar refractivity (Wildman–Crippen MR) is 149 cm³/mol. The van der Waals surface area contributed by atoms with Crippen LogP contribution >= 0.6 is 0 Å². The molecule has 1 aliphatic heterocycles. The number of amides is 2. The summed E-state index contributed by atoms with van der Waals surface area (Å²) >= 11 is 0. The minimum Gasteiger partial charge on any atom is -0.370 e. The fraction of sp³-hybridized carbons (Fsp3) is 0.562. The van der Waals surface area contributed by atoms with E-state index in [0.717, 1.165) is 5.56 Å². The Morgan fingerprint density at radius 1 is 0.860 bits per heavy atom. The monoisotopic (exact) mass is 612 g/mol. The third-order valence-electron chi connectivity index (χ3n) is 8.49. The third kappa shape index (κ3) is 8.31. The number of hydrogen-bond acceptors (Lipinski definition) is 3. The van der Waals surface area contributed by atoms with E-state index in [1.165, 1.54) is 6.92 Å². The van der Waals surface area contributed by atoms with Crippen LogP contribution in [0, 0.1) is 11.8 Å². The first-order chi connectivity index (χ1) is 20.1. The van der Waals surface area contributed by atoms with Crippen molar-refractivity contribution in [3.05, 3.63) is 70.8 Å². The maximum absolute atomic E-state index is 13.6. The smallest absolute Gasteiger partial charge is 0.370 e. The Balaban J connectivity index is 1.48. The highest BCUT2D eigenvalue weighted by Crippen LogP contribution is 2.40. The molecule has 1 aliphatic carbocycles. The largest absolute Gasteiger partial charge is 0.416 e. The third-order valence-corrected chi connectivity index (χ3v) is 8.49. The molecule has 2 fully saturated rings. The van der Waals surface area contributed by atoms with Crippen molar-refractivity contribution in [2.45, 2.75) is 89.4 Å². The number of nitrogens with zero attached hydrogens (tertiary/aromatic N) is 1. The van der Waals surface area contributed by atoms with Gasteiger partial charge in [0.15, 0.2) is 0 Å². The SMILES string of the molecule is CC(C)C(=O)N[C@H]1CC[C@H](C(=O)N2CCC(OC(C)c3cc(C(F)(F)F)cc(C(F)(F)F)c3)C(c3ccccc3)C2)CC1. The van der Waals surface area contributed by atoms with Gasteiger partial charge in [-0.05, 0) is 68.4 Å². The van der Waals surface area contributed by atoms with Crippen molar-refractivity contribution in [1.82, 2.24) is 10.2 Å². The molecule has 1 saturated heterocycles. The summed E-state index contributed by atoms with van der Waals surface area (Å²) < 4.78 is 87.0. The summed E-state index contributed by atoms with van der Waals surface area (Å²) in [5.74, 6) is -0.590. The van der Waals surface area contributed by atoms with Gasteiger partial charge in [-0.1, -0.05) is 44.2 Å². The molecule has 0 spiro atoms. The molecule has 2 amide bonds. The zero-order valence-corrected chi connectivity index (χ0v) is 24.5. The van der Waals surface area contributed by atoms with Gasteiger partial charge in [0, 0.05) is 36.9 Å².